The van der Waals surface area contributed by atoms with Gasteiger partial charge >= 0.3 is 0 Å². The van der Waals surface area contributed by atoms with E-state index in [4.69, 9.17) is 16.3 Å². The third-order valence-corrected chi connectivity index (χ3v) is 2.43. The third-order valence-electron chi connectivity index (χ3n) is 2.19. The van der Waals surface area contributed by atoms with Gasteiger partial charge in [-0.15, -0.1) is 0 Å². The predicted molar refractivity (Wildman–Crippen MR) is 55.7 cm³/mol. The summed E-state index contributed by atoms with van der Waals surface area (Å²) in [5, 5.41) is 0.520. The molecule has 1 fully saturated rings. The molecule has 1 aliphatic rings. The Morgan fingerprint density at radius 3 is 3.13 bits per heavy atom. The maximum Gasteiger partial charge on any atom is 0.274 e. The van der Waals surface area contributed by atoms with Gasteiger partial charge in [-0.25, -0.2) is 0 Å². The molecule has 0 unspecified atom stereocenters. The summed E-state index contributed by atoms with van der Waals surface area (Å²) in [5.74, 6) is -0.128. The molecule has 1 aromatic heterocycles. The van der Waals surface area contributed by atoms with Crippen molar-refractivity contribution in [1.29, 1.82) is 0 Å². The van der Waals surface area contributed by atoms with Gasteiger partial charge in [0.25, 0.3) is 5.91 Å². The quantitative estimate of drug-likeness (QED) is 0.730. The Labute approximate surface area is 92.8 Å². The maximum atomic E-state index is 11.9. The van der Waals surface area contributed by atoms with E-state index in [2.05, 4.69) is 4.98 Å². The van der Waals surface area contributed by atoms with Gasteiger partial charge in [0.1, 0.15) is 12.4 Å². The van der Waals surface area contributed by atoms with E-state index in [0.717, 1.165) is 6.42 Å². The molecule has 5 heteroatoms. The van der Waals surface area contributed by atoms with Gasteiger partial charge in [0.05, 0.1) is 6.61 Å². The van der Waals surface area contributed by atoms with Gasteiger partial charge in [0.2, 0.25) is 0 Å². The van der Waals surface area contributed by atoms with Crippen LogP contribution >= 0.6 is 11.6 Å². The minimum atomic E-state index is -0.128. The molecule has 0 radical (unpaired) electrons. The van der Waals surface area contributed by atoms with Crippen molar-refractivity contribution >= 4 is 17.5 Å². The lowest BCUT2D eigenvalue weighted by Crippen LogP contribution is -2.38. The van der Waals surface area contributed by atoms with Crippen LogP contribution in [0, 0.1) is 0 Å². The van der Waals surface area contributed by atoms with Crippen molar-refractivity contribution in [2.24, 2.45) is 0 Å². The molecule has 1 saturated heterocycles. The average Bonchev–Trinajstić information content (AvgIpc) is 2.29. The van der Waals surface area contributed by atoms with Crippen LogP contribution in [0.4, 0.5) is 0 Å². The fourth-order valence-corrected chi connectivity index (χ4v) is 1.60. The third kappa shape index (κ3) is 2.46. The van der Waals surface area contributed by atoms with Crippen LogP contribution in [0.25, 0.3) is 0 Å². The van der Waals surface area contributed by atoms with E-state index in [-0.39, 0.29) is 5.91 Å². The summed E-state index contributed by atoms with van der Waals surface area (Å²) >= 11 is 5.79. The lowest BCUT2D eigenvalue weighted by molar-refractivity contribution is -0.00603. The zero-order chi connectivity index (χ0) is 10.7. The van der Waals surface area contributed by atoms with Gasteiger partial charge in [0.15, 0.2) is 0 Å². The first-order valence-corrected chi connectivity index (χ1v) is 5.14. The number of amides is 1. The summed E-state index contributed by atoms with van der Waals surface area (Å²) in [4.78, 5) is 17.5. The first kappa shape index (κ1) is 10.4. The molecule has 0 atom stereocenters. The van der Waals surface area contributed by atoms with Crippen molar-refractivity contribution in [1.82, 2.24) is 9.88 Å². The largest absolute Gasteiger partial charge is 0.361 e. The van der Waals surface area contributed by atoms with Crippen LogP contribution in [0.15, 0.2) is 18.3 Å². The van der Waals surface area contributed by atoms with E-state index in [1.54, 1.807) is 17.0 Å². The number of rotatable bonds is 1. The standard InChI is InChI=1S/C10H11ClN2O2/c11-8-2-3-12-9(6-8)10(14)13-4-1-5-15-7-13/h2-3,6H,1,4-5,7H2. The van der Waals surface area contributed by atoms with Crippen molar-refractivity contribution < 1.29 is 9.53 Å². The molecule has 1 amide bonds. The smallest absolute Gasteiger partial charge is 0.274 e. The van der Waals surface area contributed by atoms with Gasteiger partial charge in [0, 0.05) is 17.8 Å². The highest BCUT2D eigenvalue weighted by Crippen LogP contribution is 2.11. The Kier molecular flexibility index (Phi) is 3.18. The molecule has 2 heterocycles. The number of nitrogens with zero attached hydrogens (tertiary/aromatic N) is 2. The highest BCUT2D eigenvalue weighted by molar-refractivity contribution is 6.30. The fourth-order valence-electron chi connectivity index (χ4n) is 1.44. The number of hydrogen-bond acceptors (Lipinski definition) is 3. The maximum absolute atomic E-state index is 11.9. The second kappa shape index (κ2) is 4.59. The van der Waals surface area contributed by atoms with E-state index >= 15 is 0 Å². The molecule has 15 heavy (non-hydrogen) atoms. The molecule has 0 aromatic carbocycles. The number of carbonyl (C=O) groups excluding carboxylic acids is 1. The van der Waals surface area contributed by atoms with Gasteiger partial charge < -0.3 is 9.64 Å². The van der Waals surface area contributed by atoms with Crippen molar-refractivity contribution in [3.63, 3.8) is 0 Å². The summed E-state index contributed by atoms with van der Waals surface area (Å²) in [6.07, 6.45) is 2.40. The zero-order valence-electron chi connectivity index (χ0n) is 8.15. The molecule has 0 N–H and O–H groups in total. The Morgan fingerprint density at radius 1 is 1.60 bits per heavy atom. The van der Waals surface area contributed by atoms with Crippen LogP contribution in [-0.2, 0) is 4.74 Å². The van der Waals surface area contributed by atoms with E-state index in [1.807, 2.05) is 0 Å². The fraction of sp³-hybridized carbons (Fsp3) is 0.400. The van der Waals surface area contributed by atoms with Crippen molar-refractivity contribution in [2.45, 2.75) is 6.42 Å². The second-order valence-corrected chi connectivity index (χ2v) is 3.76. The number of carbonyl (C=O) groups is 1. The highest BCUT2D eigenvalue weighted by Gasteiger charge is 2.19. The van der Waals surface area contributed by atoms with Gasteiger partial charge in [-0.3, -0.25) is 9.78 Å². The van der Waals surface area contributed by atoms with Crippen LogP contribution in [0.5, 0.6) is 0 Å². The molecule has 0 bridgehead atoms. The van der Waals surface area contributed by atoms with Crippen molar-refractivity contribution in [2.75, 3.05) is 19.9 Å². The summed E-state index contributed by atoms with van der Waals surface area (Å²) in [6, 6.07) is 3.21. The Morgan fingerprint density at radius 2 is 2.47 bits per heavy atom. The average molecular weight is 227 g/mol. The lowest BCUT2D eigenvalue weighted by atomic mass is 10.3. The van der Waals surface area contributed by atoms with Crippen molar-refractivity contribution in [3.8, 4) is 0 Å². The highest BCUT2D eigenvalue weighted by atomic mass is 35.5. The van der Waals surface area contributed by atoms with E-state index < -0.39 is 0 Å². The molecule has 2 rings (SSSR count). The van der Waals surface area contributed by atoms with Crippen LogP contribution < -0.4 is 0 Å². The first-order chi connectivity index (χ1) is 7.27. The molecular formula is C10H11ClN2O2. The summed E-state index contributed by atoms with van der Waals surface area (Å²) in [5.41, 5.74) is 0.369. The van der Waals surface area contributed by atoms with Gasteiger partial charge in [-0.1, -0.05) is 11.6 Å². The Balaban J connectivity index is 2.12. The molecule has 0 spiro atoms. The predicted octanol–water partition coefficient (Wildman–Crippen LogP) is 1.55. The number of pyridine rings is 1. The van der Waals surface area contributed by atoms with Crippen LogP contribution in [0.1, 0.15) is 16.9 Å². The van der Waals surface area contributed by atoms with E-state index in [9.17, 15) is 4.79 Å². The van der Waals surface area contributed by atoms with Crippen LogP contribution in [-0.4, -0.2) is 35.7 Å². The second-order valence-electron chi connectivity index (χ2n) is 3.32. The lowest BCUT2D eigenvalue weighted by Gasteiger charge is -2.26. The normalized spacial score (nSPS) is 16.5. The molecule has 1 aromatic rings. The first-order valence-electron chi connectivity index (χ1n) is 4.76. The molecular weight excluding hydrogens is 216 g/mol. The van der Waals surface area contributed by atoms with E-state index in [0.29, 0.717) is 30.6 Å². The number of aromatic nitrogens is 1. The van der Waals surface area contributed by atoms with Crippen LogP contribution in [0.2, 0.25) is 5.02 Å². The minimum absolute atomic E-state index is 0.128. The summed E-state index contributed by atoms with van der Waals surface area (Å²) in [6.45, 7) is 1.77. The minimum Gasteiger partial charge on any atom is -0.361 e. The van der Waals surface area contributed by atoms with Gasteiger partial charge in [-0.05, 0) is 18.6 Å². The summed E-state index contributed by atoms with van der Waals surface area (Å²) < 4.78 is 5.20. The molecule has 0 aliphatic carbocycles. The SMILES string of the molecule is O=C(c1cc(Cl)ccn1)N1CCCOC1. The van der Waals surface area contributed by atoms with Crippen molar-refractivity contribution in [3.05, 3.63) is 29.0 Å². The Hall–Kier alpha value is -1.13. The van der Waals surface area contributed by atoms with Crippen LogP contribution in [0.3, 0.4) is 0 Å². The zero-order valence-corrected chi connectivity index (χ0v) is 8.91. The topological polar surface area (TPSA) is 42.4 Å². The monoisotopic (exact) mass is 226 g/mol. The summed E-state index contributed by atoms with van der Waals surface area (Å²) in [7, 11) is 0. The van der Waals surface area contributed by atoms with E-state index in [1.165, 1.54) is 6.20 Å². The molecule has 0 saturated carbocycles. The number of hydrogen-bond donors (Lipinski definition) is 0. The number of halogens is 1. The molecule has 4 nitrogen and oxygen atoms in total. The molecule has 80 valence electrons. The van der Waals surface area contributed by atoms with Gasteiger partial charge in [-0.2, -0.15) is 0 Å². The number of ether oxygens (including phenoxy) is 1. The Bertz CT molecular complexity index is 364. The molecule has 1 aliphatic heterocycles.